The van der Waals surface area contributed by atoms with E-state index in [9.17, 15) is 9.59 Å². The van der Waals surface area contributed by atoms with Crippen molar-refractivity contribution in [2.75, 3.05) is 23.1 Å². The second-order valence-electron chi connectivity index (χ2n) is 8.35. The Balaban J connectivity index is 1.91. The maximum absolute atomic E-state index is 13.0. The summed E-state index contributed by atoms with van der Waals surface area (Å²) in [6.07, 6.45) is 1.33. The highest BCUT2D eigenvalue weighted by Gasteiger charge is 2.26. The van der Waals surface area contributed by atoms with Gasteiger partial charge >= 0.3 is 5.97 Å². The molecule has 8 nitrogen and oxygen atoms in total. The van der Waals surface area contributed by atoms with Crippen LogP contribution in [0.15, 0.2) is 48.5 Å². The van der Waals surface area contributed by atoms with Crippen LogP contribution in [-0.4, -0.2) is 41.0 Å². The number of aryl methyl sites for hydroxylation is 1. The molecule has 0 saturated carbocycles. The van der Waals surface area contributed by atoms with Crippen LogP contribution in [0, 0.1) is 12.8 Å². The van der Waals surface area contributed by atoms with E-state index in [-0.39, 0.29) is 17.8 Å². The number of carbonyl (C=O) groups is 2. The molecule has 0 bridgehead atoms. The minimum atomic E-state index is -0.563. The molecule has 0 spiro atoms. The van der Waals surface area contributed by atoms with Crippen LogP contribution in [-0.2, 0) is 14.3 Å². The molecule has 3 atom stereocenters. The Hall–Kier alpha value is -3.68. The highest BCUT2D eigenvalue weighted by molar-refractivity contribution is 5.97. The Morgan fingerprint density at radius 3 is 2.35 bits per heavy atom. The first-order chi connectivity index (χ1) is 16.4. The van der Waals surface area contributed by atoms with Crippen molar-refractivity contribution in [3.05, 3.63) is 54.1 Å². The summed E-state index contributed by atoms with van der Waals surface area (Å²) in [5.74, 6) is 0.324. The van der Waals surface area contributed by atoms with Gasteiger partial charge in [0.1, 0.15) is 17.9 Å². The highest BCUT2D eigenvalue weighted by Crippen LogP contribution is 2.25. The zero-order chi connectivity index (χ0) is 24.7. The summed E-state index contributed by atoms with van der Waals surface area (Å²) in [6.45, 7) is 7.88. The SMILES string of the molecule is CC[C@@H](C)[C@H](Nc1nc(N[C@H](CC)C(=O)Nc2ccccc2C)nc2ccccc12)C(=O)OC. The minimum Gasteiger partial charge on any atom is -0.467 e. The predicted octanol–water partition coefficient (Wildman–Crippen LogP) is 4.77. The normalized spacial score (nSPS) is 13.6. The van der Waals surface area contributed by atoms with E-state index in [0.717, 1.165) is 23.1 Å². The zero-order valence-corrected chi connectivity index (χ0v) is 20.4. The molecule has 1 amide bonds. The number of anilines is 3. The van der Waals surface area contributed by atoms with Gasteiger partial charge in [-0.15, -0.1) is 0 Å². The maximum atomic E-state index is 13.0. The Labute approximate surface area is 200 Å². The van der Waals surface area contributed by atoms with Gasteiger partial charge in [-0.3, -0.25) is 4.79 Å². The van der Waals surface area contributed by atoms with Crippen molar-refractivity contribution >= 4 is 40.2 Å². The van der Waals surface area contributed by atoms with Crippen LogP contribution in [0.2, 0.25) is 0 Å². The topological polar surface area (TPSA) is 105 Å². The standard InChI is InChI=1S/C26H33N5O3/c1-6-16(3)22(25(33)34-5)30-23-18-13-9-11-15-21(18)29-26(31-23)28-19(7-2)24(32)27-20-14-10-8-12-17(20)4/h8-16,19,22H,6-7H2,1-5H3,(H,27,32)(H2,28,29,30,31)/t16-,19-,22+/m1/s1. The largest absolute Gasteiger partial charge is 0.467 e. The average molecular weight is 464 g/mol. The van der Waals surface area contributed by atoms with E-state index in [0.29, 0.717) is 23.7 Å². The van der Waals surface area contributed by atoms with Gasteiger partial charge in [-0.05, 0) is 43.0 Å². The molecule has 1 aromatic heterocycles. The van der Waals surface area contributed by atoms with E-state index in [1.807, 2.05) is 76.2 Å². The van der Waals surface area contributed by atoms with Crippen molar-refractivity contribution in [1.29, 1.82) is 0 Å². The number of amides is 1. The minimum absolute atomic E-state index is 0.0286. The highest BCUT2D eigenvalue weighted by atomic mass is 16.5. The summed E-state index contributed by atoms with van der Waals surface area (Å²) >= 11 is 0. The quantitative estimate of drug-likeness (QED) is 0.372. The van der Waals surface area contributed by atoms with Gasteiger partial charge in [0.25, 0.3) is 0 Å². The number of nitrogens with one attached hydrogen (secondary N) is 3. The molecule has 34 heavy (non-hydrogen) atoms. The van der Waals surface area contributed by atoms with Gasteiger partial charge in [0.15, 0.2) is 0 Å². The number of fused-ring (bicyclic) bond motifs is 1. The number of carbonyl (C=O) groups excluding carboxylic acids is 2. The summed E-state index contributed by atoms with van der Waals surface area (Å²) < 4.78 is 5.02. The number of para-hydroxylation sites is 2. The number of methoxy groups -OCH3 is 1. The molecule has 0 aliphatic carbocycles. The number of hydrogen-bond acceptors (Lipinski definition) is 7. The van der Waals surface area contributed by atoms with E-state index in [2.05, 4.69) is 25.9 Å². The smallest absolute Gasteiger partial charge is 0.328 e. The number of esters is 1. The van der Waals surface area contributed by atoms with Crippen LogP contribution in [0.25, 0.3) is 10.9 Å². The van der Waals surface area contributed by atoms with E-state index >= 15 is 0 Å². The van der Waals surface area contributed by atoms with Crippen molar-refractivity contribution in [3.8, 4) is 0 Å². The first-order valence-electron chi connectivity index (χ1n) is 11.6. The van der Waals surface area contributed by atoms with Crippen LogP contribution in [0.3, 0.4) is 0 Å². The molecular formula is C26H33N5O3. The monoisotopic (exact) mass is 463 g/mol. The molecule has 0 aliphatic heterocycles. The van der Waals surface area contributed by atoms with Crippen LogP contribution in [0.1, 0.15) is 39.2 Å². The molecule has 3 rings (SSSR count). The first-order valence-corrected chi connectivity index (χ1v) is 11.6. The van der Waals surface area contributed by atoms with Gasteiger partial charge in [0.05, 0.1) is 12.6 Å². The van der Waals surface area contributed by atoms with Crippen LogP contribution in [0.5, 0.6) is 0 Å². The average Bonchev–Trinajstić information content (AvgIpc) is 2.86. The van der Waals surface area contributed by atoms with Crippen molar-refractivity contribution in [2.24, 2.45) is 5.92 Å². The van der Waals surface area contributed by atoms with Gasteiger partial charge in [-0.2, -0.15) is 4.98 Å². The third-order valence-corrected chi connectivity index (χ3v) is 5.99. The Kier molecular flexibility index (Phi) is 8.40. The fourth-order valence-electron chi connectivity index (χ4n) is 3.64. The fraction of sp³-hybridized carbons (Fsp3) is 0.385. The van der Waals surface area contributed by atoms with E-state index in [1.54, 1.807) is 0 Å². The Bertz CT molecular complexity index is 1150. The van der Waals surface area contributed by atoms with E-state index in [1.165, 1.54) is 7.11 Å². The predicted molar refractivity (Wildman–Crippen MR) is 136 cm³/mol. The van der Waals surface area contributed by atoms with Crippen LogP contribution >= 0.6 is 0 Å². The Morgan fingerprint density at radius 1 is 0.971 bits per heavy atom. The number of aromatic nitrogens is 2. The third-order valence-electron chi connectivity index (χ3n) is 5.99. The lowest BCUT2D eigenvalue weighted by atomic mass is 9.99. The number of benzene rings is 2. The second-order valence-corrected chi connectivity index (χ2v) is 8.35. The van der Waals surface area contributed by atoms with Gasteiger partial charge in [-0.25, -0.2) is 9.78 Å². The summed E-state index contributed by atoms with van der Waals surface area (Å²) in [6, 6.07) is 14.1. The summed E-state index contributed by atoms with van der Waals surface area (Å²) in [4.78, 5) is 34.7. The molecule has 3 aromatic rings. The molecule has 0 fully saturated rings. The molecule has 0 saturated heterocycles. The van der Waals surface area contributed by atoms with Crippen LogP contribution < -0.4 is 16.0 Å². The third kappa shape index (κ3) is 5.81. The number of hydrogen-bond donors (Lipinski definition) is 3. The number of rotatable bonds is 10. The fourth-order valence-corrected chi connectivity index (χ4v) is 3.64. The lowest BCUT2D eigenvalue weighted by molar-refractivity contribution is -0.142. The zero-order valence-electron chi connectivity index (χ0n) is 20.4. The Morgan fingerprint density at radius 2 is 1.68 bits per heavy atom. The summed E-state index contributed by atoms with van der Waals surface area (Å²) in [5.41, 5.74) is 2.45. The molecular weight excluding hydrogens is 430 g/mol. The molecule has 0 unspecified atom stereocenters. The molecule has 3 N–H and O–H groups in total. The van der Waals surface area contributed by atoms with E-state index in [4.69, 9.17) is 4.74 Å². The number of ether oxygens (including phenoxy) is 1. The van der Waals surface area contributed by atoms with Gasteiger partial charge in [0, 0.05) is 11.1 Å². The van der Waals surface area contributed by atoms with Crippen molar-refractivity contribution in [2.45, 2.75) is 52.6 Å². The first kappa shape index (κ1) is 25.0. The van der Waals surface area contributed by atoms with Gasteiger partial charge in [-0.1, -0.05) is 57.5 Å². The molecule has 180 valence electrons. The van der Waals surface area contributed by atoms with Crippen LogP contribution in [0.4, 0.5) is 17.5 Å². The summed E-state index contributed by atoms with van der Waals surface area (Å²) in [7, 11) is 1.38. The number of nitrogens with zero attached hydrogens (tertiary/aromatic N) is 2. The van der Waals surface area contributed by atoms with Crippen molar-refractivity contribution in [3.63, 3.8) is 0 Å². The lowest BCUT2D eigenvalue weighted by Gasteiger charge is -2.24. The molecule has 2 aromatic carbocycles. The molecule has 0 aliphatic rings. The van der Waals surface area contributed by atoms with E-state index < -0.39 is 12.1 Å². The van der Waals surface area contributed by atoms with Gasteiger partial charge in [0.2, 0.25) is 11.9 Å². The van der Waals surface area contributed by atoms with Gasteiger partial charge < -0.3 is 20.7 Å². The van der Waals surface area contributed by atoms with Crippen molar-refractivity contribution in [1.82, 2.24) is 9.97 Å². The maximum Gasteiger partial charge on any atom is 0.328 e. The second kappa shape index (κ2) is 11.4. The summed E-state index contributed by atoms with van der Waals surface area (Å²) in [5, 5.41) is 10.2. The lowest BCUT2D eigenvalue weighted by Crippen LogP contribution is -2.37. The molecule has 1 heterocycles. The van der Waals surface area contributed by atoms with Crippen molar-refractivity contribution < 1.29 is 14.3 Å². The molecule has 8 heteroatoms. The molecule has 0 radical (unpaired) electrons.